The minimum atomic E-state index is -0.340. The summed E-state index contributed by atoms with van der Waals surface area (Å²) in [6.45, 7) is 9.28. The number of rotatable bonds is 5. The average molecular weight is 361 g/mol. The lowest BCUT2D eigenvalue weighted by Gasteiger charge is -2.39. The summed E-state index contributed by atoms with van der Waals surface area (Å²) in [4.78, 5) is 29.1. The standard InChI is InChI=1S/C19H31N5O2/c1-4-14-12-21-22-18(14)15-5-8-23(9-6-15)17(25)11-16-19(26)20-7-10-24(16)13(2)3/h12-13,15-16H,4-11H2,1-3H3,(H,20,26)(H,21,22)/t16-/m0/s1. The van der Waals surface area contributed by atoms with E-state index >= 15 is 0 Å². The summed E-state index contributed by atoms with van der Waals surface area (Å²) in [5, 5.41) is 10.2. The minimum absolute atomic E-state index is 0.0155. The van der Waals surface area contributed by atoms with Gasteiger partial charge < -0.3 is 10.2 Å². The molecule has 0 saturated carbocycles. The van der Waals surface area contributed by atoms with E-state index in [4.69, 9.17) is 0 Å². The van der Waals surface area contributed by atoms with Crippen LogP contribution in [0.25, 0.3) is 0 Å². The Hall–Kier alpha value is -1.89. The number of piperazine rings is 1. The molecule has 0 aromatic carbocycles. The van der Waals surface area contributed by atoms with Crippen LogP contribution >= 0.6 is 0 Å². The number of H-pyrrole nitrogens is 1. The largest absolute Gasteiger partial charge is 0.353 e. The van der Waals surface area contributed by atoms with Crippen molar-refractivity contribution < 1.29 is 9.59 Å². The fourth-order valence-corrected chi connectivity index (χ4v) is 4.23. The molecule has 7 nitrogen and oxygen atoms in total. The molecule has 7 heteroatoms. The molecule has 2 aliphatic rings. The second-order valence-corrected chi connectivity index (χ2v) is 7.66. The number of hydrogen-bond donors (Lipinski definition) is 2. The molecule has 0 bridgehead atoms. The van der Waals surface area contributed by atoms with Gasteiger partial charge in [0.15, 0.2) is 0 Å². The van der Waals surface area contributed by atoms with Crippen molar-refractivity contribution in [3.8, 4) is 0 Å². The van der Waals surface area contributed by atoms with Gasteiger partial charge in [-0.1, -0.05) is 6.92 Å². The number of amides is 2. The van der Waals surface area contributed by atoms with Crippen LogP contribution in [0.15, 0.2) is 6.20 Å². The first-order valence-corrected chi connectivity index (χ1v) is 9.84. The van der Waals surface area contributed by atoms with Gasteiger partial charge in [0.1, 0.15) is 0 Å². The third-order valence-electron chi connectivity index (χ3n) is 5.79. The molecule has 0 aliphatic carbocycles. The first kappa shape index (κ1) is 18.9. The van der Waals surface area contributed by atoms with E-state index in [-0.39, 0.29) is 30.3 Å². The molecular formula is C19H31N5O2. The van der Waals surface area contributed by atoms with Crippen molar-refractivity contribution in [3.05, 3.63) is 17.5 Å². The Morgan fingerprint density at radius 2 is 2.04 bits per heavy atom. The van der Waals surface area contributed by atoms with E-state index in [2.05, 4.69) is 41.2 Å². The van der Waals surface area contributed by atoms with Crippen LogP contribution in [0.2, 0.25) is 0 Å². The highest BCUT2D eigenvalue weighted by Gasteiger charge is 2.35. The van der Waals surface area contributed by atoms with Crippen molar-refractivity contribution in [1.29, 1.82) is 0 Å². The lowest BCUT2D eigenvalue weighted by atomic mass is 9.90. The average Bonchev–Trinajstić information content (AvgIpc) is 3.12. The number of piperidine rings is 1. The normalized spacial score (nSPS) is 22.7. The lowest BCUT2D eigenvalue weighted by Crippen LogP contribution is -2.58. The molecule has 2 amide bonds. The SMILES string of the molecule is CCc1cn[nH]c1C1CCN(C(=O)C[C@H]2C(=O)NCCN2C(C)C)CC1. The number of carbonyl (C=O) groups is 2. The van der Waals surface area contributed by atoms with Gasteiger partial charge in [0.05, 0.1) is 18.7 Å². The van der Waals surface area contributed by atoms with Crippen LogP contribution in [0.3, 0.4) is 0 Å². The van der Waals surface area contributed by atoms with Gasteiger partial charge in [-0.25, -0.2) is 0 Å². The van der Waals surface area contributed by atoms with E-state index in [0.717, 1.165) is 38.9 Å². The van der Waals surface area contributed by atoms with Gasteiger partial charge in [-0.3, -0.25) is 19.6 Å². The number of carbonyl (C=O) groups excluding carboxylic acids is 2. The molecule has 1 atom stereocenters. The number of aromatic amines is 1. The molecule has 0 spiro atoms. The Balaban J connectivity index is 1.57. The molecule has 26 heavy (non-hydrogen) atoms. The summed E-state index contributed by atoms with van der Waals surface area (Å²) < 4.78 is 0. The summed E-state index contributed by atoms with van der Waals surface area (Å²) in [5.41, 5.74) is 2.51. The van der Waals surface area contributed by atoms with Gasteiger partial charge in [-0.15, -0.1) is 0 Å². The monoisotopic (exact) mass is 361 g/mol. The number of aromatic nitrogens is 2. The molecule has 2 N–H and O–H groups in total. The van der Waals surface area contributed by atoms with E-state index in [1.54, 1.807) is 0 Å². The van der Waals surface area contributed by atoms with Gasteiger partial charge in [-0.2, -0.15) is 5.10 Å². The van der Waals surface area contributed by atoms with E-state index < -0.39 is 0 Å². The molecule has 2 fully saturated rings. The quantitative estimate of drug-likeness (QED) is 0.828. The zero-order chi connectivity index (χ0) is 18.7. The van der Waals surface area contributed by atoms with Crippen LogP contribution in [0.5, 0.6) is 0 Å². The predicted octanol–water partition coefficient (Wildman–Crippen LogP) is 1.28. The number of hydrogen-bond acceptors (Lipinski definition) is 4. The summed E-state index contributed by atoms with van der Waals surface area (Å²) in [6.07, 6.45) is 5.07. The number of likely N-dealkylation sites (tertiary alicyclic amines) is 1. The topological polar surface area (TPSA) is 81.3 Å². The van der Waals surface area contributed by atoms with Crippen LogP contribution in [0.1, 0.15) is 57.2 Å². The maximum absolute atomic E-state index is 12.8. The number of aryl methyl sites for hydroxylation is 1. The van der Waals surface area contributed by atoms with Crippen LogP contribution in [0.4, 0.5) is 0 Å². The molecule has 0 unspecified atom stereocenters. The molecule has 2 saturated heterocycles. The first-order chi connectivity index (χ1) is 12.5. The van der Waals surface area contributed by atoms with Gasteiger partial charge in [0, 0.05) is 43.8 Å². The summed E-state index contributed by atoms with van der Waals surface area (Å²) in [5.74, 6) is 0.524. The summed E-state index contributed by atoms with van der Waals surface area (Å²) in [7, 11) is 0. The highest BCUT2D eigenvalue weighted by atomic mass is 16.2. The molecule has 3 heterocycles. The molecule has 0 radical (unpaired) electrons. The van der Waals surface area contributed by atoms with Crippen molar-refractivity contribution in [1.82, 2.24) is 25.3 Å². The van der Waals surface area contributed by atoms with Crippen LogP contribution < -0.4 is 5.32 Å². The molecule has 2 aliphatic heterocycles. The third kappa shape index (κ3) is 3.92. The van der Waals surface area contributed by atoms with E-state index in [0.29, 0.717) is 12.5 Å². The van der Waals surface area contributed by atoms with Crippen molar-refractivity contribution in [2.45, 2.75) is 64.5 Å². The van der Waals surface area contributed by atoms with Crippen LogP contribution in [-0.2, 0) is 16.0 Å². The first-order valence-electron chi connectivity index (χ1n) is 9.84. The molecule has 144 valence electrons. The molecule has 3 rings (SSSR count). The molecular weight excluding hydrogens is 330 g/mol. The summed E-state index contributed by atoms with van der Waals surface area (Å²) in [6, 6.07) is -0.0781. The Morgan fingerprint density at radius 3 is 2.69 bits per heavy atom. The fourth-order valence-electron chi connectivity index (χ4n) is 4.23. The van der Waals surface area contributed by atoms with Crippen molar-refractivity contribution in [2.75, 3.05) is 26.2 Å². The fraction of sp³-hybridized carbons (Fsp3) is 0.737. The maximum atomic E-state index is 12.8. The number of nitrogens with zero attached hydrogens (tertiary/aromatic N) is 3. The smallest absolute Gasteiger partial charge is 0.237 e. The Morgan fingerprint density at radius 1 is 1.31 bits per heavy atom. The zero-order valence-corrected chi connectivity index (χ0v) is 16.1. The highest BCUT2D eigenvalue weighted by molar-refractivity contribution is 5.89. The van der Waals surface area contributed by atoms with E-state index in [9.17, 15) is 9.59 Å². The second kappa shape index (κ2) is 8.20. The van der Waals surface area contributed by atoms with Gasteiger partial charge in [0.25, 0.3) is 0 Å². The minimum Gasteiger partial charge on any atom is -0.353 e. The van der Waals surface area contributed by atoms with Gasteiger partial charge in [-0.05, 0) is 38.7 Å². The van der Waals surface area contributed by atoms with Crippen LogP contribution in [-0.4, -0.2) is 70.1 Å². The van der Waals surface area contributed by atoms with E-state index in [1.807, 2.05) is 11.1 Å². The summed E-state index contributed by atoms with van der Waals surface area (Å²) >= 11 is 0. The number of nitrogens with one attached hydrogen (secondary N) is 2. The van der Waals surface area contributed by atoms with E-state index in [1.165, 1.54) is 11.3 Å². The molecule has 1 aromatic rings. The highest BCUT2D eigenvalue weighted by Crippen LogP contribution is 2.29. The maximum Gasteiger partial charge on any atom is 0.237 e. The molecule has 1 aromatic heterocycles. The van der Waals surface area contributed by atoms with Crippen molar-refractivity contribution in [3.63, 3.8) is 0 Å². The Kier molecular flexibility index (Phi) is 5.96. The third-order valence-corrected chi connectivity index (χ3v) is 5.79. The second-order valence-electron chi connectivity index (χ2n) is 7.66. The van der Waals surface area contributed by atoms with Crippen molar-refractivity contribution in [2.24, 2.45) is 0 Å². The van der Waals surface area contributed by atoms with Gasteiger partial charge >= 0.3 is 0 Å². The lowest BCUT2D eigenvalue weighted by molar-refractivity contribution is -0.140. The van der Waals surface area contributed by atoms with Gasteiger partial charge in [0.2, 0.25) is 11.8 Å². The zero-order valence-electron chi connectivity index (χ0n) is 16.1. The predicted molar refractivity (Wildman–Crippen MR) is 99.8 cm³/mol. The van der Waals surface area contributed by atoms with Crippen molar-refractivity contribution >= 4 is 11.8 Å². The Bertz CT molecular complexity index is 634. The Labute approximate surface area is 155 Å². The van der Waals surface area contributed by atoms with Crippen LogP contribution in [0, 0.1) is 0 Å².